The van der Waals surface area contributed by atoms with E-state index < -0.39 is 0 Å². The number of hydrogen-bond acceptors (Lipinski definition) is 5. The van der Waals surface area contributed by atoms with Crippen LogP contribution in [0.1, 0.15) is 59.4 Å². The molecule has 29 heavy (non-hydrogen) atoms. The molecular formula is C21H26N4O4. The van der Waals surface area contributed by atoms with Crippen molar-refractivity contribution >= 4 is 17.5 Å². The summed E-state index contributed by atoms with van der Waals surface area (Å²) in [5.41, 5.74) is 1.76. The van der Waals surface area contributed by atoms with Crippen LogP contribution in [-0.2, 0) is 13.0 Å². The molecule has 2 aliphatic heterocycles. The van der Waals surface area contributed by atoms with E-state index in [1.165, 1.54) is 0 Å². The number of benzene rings is 1. The van der Waals surface area contributed by atoms with Crippen LogP contribution >= 0.6 is 0 Å². The van der Waals surface area contributed by atoms with Gasteiger partial charge < -0.3 is 24.3 Å². The van der Waals surface area contributed by atoms with Gasteiger partial charge in [-0.05, 0) is 37.8 Å². The largest absolute Gasteiger partial charge is 0.454 e. The van der Waals surface area contributed by atoms with E-state index in [1.807, 2.05) is 4.57 Å². The smallest absolute Gasteiger partial charge is 0.289 e. The number of nitrogens with zero attached hydrogens (tertiary/aromatic N) is 3. The molecule has 154 valence electrons. The molecule has 0 fully saturated rings. The molecule has 3 heterocycles. The first-order chi connectivity index (χ1) is 14.1. The third-order valence-corrected chi connectivity index (χ3v) is 5.35. The predicted molar refractivity (Wildman–Crippen MR) is 108 cm³/mol. The molecule has 2 amide bonds. The Morgan fingerprint density at radius 2 is 2.07 bits per heavy atom. The maximum Gasteiger partial charge on any atom is 0.289 e. The minimum absolute atomic E-state index is 0.135. The number of aromatic nitrogens is 2. The zero-order chi connectivity index (χ0) is 20.4. The SMILES string of the molecule is CCCCN(C)C(=O)c1nc(C(=O)Nc2ccc3c(c2)OCO3)c2n1CCCC2. The Bertz CT molecular complexity index is 937. The van der Waals surface area contributed by atoms with E-state index in [2.05, 4.69) is 17.2 Å². The number of imidazole rings is 1. The second kappa shape index (κ2) is 8.14. The van der Waals surface area contributed by atoms with Crippen LogP contribution in [-0.4, -0.2) is 46.7 Å². The molecule has 2 aliphatic rings. The molecule has 0 saturated carbocycles. The van der Waals surface area contributed by atoms with Crippen molar-refractivity contribution in [2.24, 2.45) is 0 Å². The number of rotatable bonds is 6. The summed E-state index contributed by atoms with van der Waals surface area (Å²) in [6.45, 7) is 3.66. The number of carbonyl (C=O) groups is 2. The summed E-state index contributed by atoms with van der Waals surface area (Å²) in [5, 5.41) is 2.88. The van der Waals surface area contributed by atoms with Crippen LogP contribution in [0.3, 0.4) is 0 Å². The minimum atomic E-state index is -0.315. The lowest BCUT2D eigenvalue weighted by Crippen LogP contribution is -2.31. The van der Waals surface area contributed by atoms with Crippen molar-refractivity contribution in [3.63, 3.8) is 0 Å². The van der Waals surface area contributed by atoms with Crippen molar-refractivity contribution in [2.75, 3.05) is 25.7 Å². The summed E-state index contributed by atoms with van der Waals surface area (Å²) in [5.74, 6) is 1.16. The third kappa shape index (κ3) is 3.79. The summed E-state index contributed by atoms with van der Waals surface area (Å²) in [6, 6.07) is 5.25. The molecule has 0 spiro atoms. The van der Waals surface area contributed by atoms with Crippen LogP contribution in [0.5, 0.6) is 11.5 Å². The molecule has 0 bridgehead atoms. The van der Waals surface area contributed by atoms with Gasteiger partial charge in [0.15, 0.2) is 23.0 Å². The quantitative estimate of drug-likeness (QED) is 0.808. The maximum atomic E-state index is 13.0. The zero-order valence-corrected chi connectivity index (χ0v) is 16.9. The fourth-order valence-corrected chi connectivity index (χ4v) is 3.72. The molecule has 1 aromatic heterocycles. The van der Waals surface area contributed by atoms with E-state index in [1.54, 1.807) is 30.1 Å². The second-order valence-corrected chi connectivity index (χ2v) is 7.44. The van der Waals surface area contributed by atoms with Gasteiger partial charge in [-0.1, -0.05) is 13.3 Å². The first kappa shape index (κ1) is 19.3. The van der Waals surface area contributed by atoms with E-state index in [0.29, 0.717) is 41.8 Å². The Hall–Kier alpha value is -3.03. The van der Waals surface area contributed by atoms with Crippen LogP contribution in [0.25, 0.3) is 0 Å². The predicted octanol–water partition coefficient (Wildman–Crippen LogP) is 3.07. The van der Waals surface area contributed by atoms with Crippen LogP contribution in [0.4, 0.5) is 5.69 Å². The molecular weight excluding hydrogens is 372 g/mol. The van der Waals surface area contributed by atoms with Crippen molar-refractivity contribution in [1.29, 1.82) is 0 Å². The highest BCUT2D eigenvalue weighted by Gasteiger charge is 2.29. The maximum absolute atomic E-state index is 13.0. The van der Waals surface area contributed by atoms with Crippen molar-refractivity contribution in [3.05, 3.63) is 35.4 Å². The lowest BCUT2D eigenvalue weighted by atomic mass is 10.1. The molecule has 8 nitrogen and oxygen atoms in total. The van der Waals surface area contributed by atoms with Gasteiger partial charge in [0.2, 0.25) is 6.79 Å². The number of nitrogens with one attached hydrogen (secondary N) is 1. The van der Waals surface area contributed by atoms with Crippen molar-refractivity contribution < 1.29 is 19.1 Å². The minimum Gasteiger partial charge on any atom is -0.454 e. The van der Waals surface area contributed by atoms with Crippen LogP contribution in [0, 0.1) is 0 Å². The average Bonchev–Trinajstić information content (AvgIpc) is 3.35. The van der Waals surface area contributed by atoms with Gasteiger partial charge in [0.05, 0.1) is 5.69 Å². The highest BCUT2D eigenvalue weighted by Crippen LogP contribution is 2.34. The number of fused-ring (bicyclic) bond motifs is 2. The average molecular weight is 398 g/mol. The topological polar surface area (TPSA) is 85.7 Å². The summed E-state index contributed by atoms with van der Waals surface area (Å²) < 4.78 is 12.6. The number of carbonyl (C=O) groups excluding carboxylic acids is 2. The second-order valence-electron chi connectivity index (χ2n) is 7.44. The fourth-order valence-electron chi connectivity index (χ4n) is 3.72. The monoisotopic (exact) mass is 398 g/mol. The Labute approximate surface area is 169 Å². The highest BCUT2D eigenvalue weighted by atomic mass is 16.7. The van der Waals surface area contributed by atoms with Gasteiger partial charge in [-0.25, -0.2) is 4.98 Å². The third-order valence-electron chi connectivity index (χ3n) is 5.35. The van der Waals surface area contributed by atoms with E-state index >= 15 is 0 Å². The van der Waals surface area contributed by atoms with Crippen molar-refractivity contribution in [3.8, 4) is 11.5 Å². The molecule has 1 aromatic carbocycles. The molecule has 0 atom stereocenters. The van der Waals surface area contributed by atoms with Crippen molar-refractivity contribution in [1.82, 2.24) is 14.5 Å². The Balaban J connectivity index is 1.59. The van der Waals surface area contributed by atoms with Gasteiger partial charge in [-0.3, -0.25) is 9.59 Å². The van der Waals surface area contributed by atoms with Gasteiger partial charge in [0.25, 0.3) is 11.8 Å². The standard InChI is InChI=1S/C21H26N4O4/c1-3-4-10-24(2)21(27)19-23-18(15-7-5-6-11-25(15)19)20(26)22-14-8-9-16-17(12-14)29-13-28-16/h8-9,12H,3-7,10-11,13H2,1-2H3,(H,22,26). The van der Waals surface area contributed by atoms with Gasteiger partial charge in [-0.15, -0.1) is 0 Å². The molecule has 0 radical (unpaired) electrons. The molecule has 2 aromatic rings. The summed E-state index contributed by atoms with van der Waals surface area (Å²) in [6.07, 6.45) is 4.65. The Morgan fingerprint density at radius 3 is 2.90 bits per heavy atom. The van der Waals surface area contributed by atoms with E-state index in [4.69, 9.17) is 9.47 Å². The highest BCUT2D eigenvalue weighted by molar-refractivity contribution is 6.05. The molecule has 0 unspecified atom stereocenters. The lowest BCUT2D eigenvalue weighted by molar-refractivity contribution is 0.0775. The molecule has 8 heteroatoms. The summed E-state index contributed by atoms with van der Waals surface area (Å²) >= 11 is 0. The Kier molecular flexibility index (Phi) is 5.42. The van der Waals surface area contributed by atoms with E-state index in [9.17, 15) is 9.59 Å². The molecule has 0 aliphatic carbocycles. The number of ether oxygens (including phenoxy) is 2. The van der Waals surface area contributed by atoms with Crippen molar-refractivity contribution in [2.45, 2.75) is 45.6 Å². The molecule has 4 rings (SSSR count). The molecule has 1 N–H and O–H groups in total. The van der Waals surface area contributed by atoms with E-state index in [-0.39, 0.29) is 18.6 Å². The summed E-state index contributed by atoms with van der Waals surface area (Å²) in [7, 11) is 1.79. The lowest BCUT2D eigenvalue weighted by Gasteiger charge is -2.20. The van der Waals surface area contributed by atoms with Gasteiger partial charge in [0.1, 0.15) is 0 Å². The van der Waals surface area contributed by atoms with Gasteiger partial charge >= 0.3 is 0 Å². The normalized spacial score (nSPS) is 14.4. The number of unbranched alkanes of at least 4 members (excludes halogenated alkanes) is 1. The fraction of sp³-hybridized carbons (Fsp3) is 0.476. The Morgan fingerprint density at radius 1 is 1.24 bits per heavy atom. The zero-order valence-electron chi connectivity index (χ0n) is 16.9. The molecule has 0 saturated heterocycles. The van der Waals surface area contributed by atoms with Crippen LogP contribution in [0.2, 0.25) is 0 Å². The number of anilines is 1. The van der Waals surface area contributed by atoms with Gasteiger partial charge in [-0.2, -0.15) is 0 Å². The number of hydrogen-bond donors (Lipinski definition) is 1. The van der Waals surface area contributed by atoms with Gasteiger partial charge in [0, 0.05) is 31.9 Å². The van der Waals surface area contributed by atoms with Crippen LogP contribution in [0.15, 0.2) is 18.2 Å². The summed E-state index contributed by atoms with van der Waals surface area (Å²) in [4.78, 5) is 32.1. The first-order valence-corrected chi connectivity index (χ1v) is 10.1. The number of amides is 2. The van der Waals surface area contributed by atoms with Crippen LogP contribution < -0.4 is 14.8 Å². The van der Waals surface area contributed by atoms with E-state index in [0.717, 1.165) is 37.8 Å². The first-order valence-electron chi connectivity index (χ1n) is 10.1.